The van der Waals surface area contributed by atoms with Gasteiger partial charge in [0.15, 0.2) is 0 Å². The lowest BCUT2D eigenvalue weighted by Gasteiger charge is -2.00. The van der Waals surface area contributed by atoms with E-state index in [1.807, 2.05) is 20.2 Å². The highest BCUT2D eigenvalue weighted by Crippen LogP contribution is 2.06. The summed E-state index contributed by atoms with van der Waals surface area (Å²) in [5.41, 5.74) is 2.14. The van der Waals surface area contributed by atoms with Crippen molar-refractivity contribution >= 4 is 0 Å². The van der Waals surface area contributed by atoms with Crippen molar-refractivity contribution in [1.82, 2.24) is 9.78 Å². The molecule has 62 valence electrons. The molecule has 0 unspecified atom stereocenters. The van der Waals surface area contributed by atoms with E-state index in [0.717, 1.165) is 11.3 Å². The van der Waals surface area contributed by atoms with E-state index < -0.39 is 0 Å². The second-order valence-electron chi connectivity index (χ2n) is 2.99. The maximum atomic E-state index is 9.09. The van der Waals surface area contributed by atoms with E-state index in [4.69, 9.17) is 5.11 Å². The van der Waals surface area contributed by atoms with Crippen molar-refractivity contribution in [1.29, 1.82) is 0 Å². The average Bonchev–Trinajstić information content (AvgIpc) is 2.09. The van der Waals surface area contributed by atoms with Gasteiger partial charge in [0.1, 0.15) is 0 Å². The van der Waals surface area contributed by atoms with Crippen LogP contribution in [0.3, 0.4) is 0 Å². The number of aliphatic hydroxyl groups is 1. The van der Waals surface area contributed by atoms with Gasteiger partial charge in [-0.05, 0) is 19.4 Å². The minimum absolute atomic E-state index is 0.302. The van der Waals surface area contributed by atoms with E-state index in [2.05, 4.69) is 5.10 Å². The zero-order valence-electron chi connectivity index (χ0n) is 7.20. The Morgan fingerprint density at radius 1 is 1.73 bits per heavy atom. The van der Waals surface area contributed by atoms with Crippen molar-refractivity contribution in [2.45, 2.75) is 26.4 Å². The van der Waals surface area contributed by atoms with Crippen molar-refractivity contribution in [3.63, 3.8) is 0 Å². The highest BCUT2D eigenvalue weighted by atomic mass is 16.3. The van der Waals surface area contributed by atoms with Gasteiger partial charge in [0.25, 0.3) is 0 Å². The van der Waals surface area contributed by atoms with Crippen molar-refractivity contribution in [3.05, 3.63) is 17.5 Å². The number of hydrogen-bond acceptors (Lipinski definition) is 2. The van der Waals surface area contributed by atoms with Crippen LogP contribution in [0.4, 0.5) is 0 Å². The molecule has 0 fully saturated rings. The molecule has 0 aliphatic heterocycles. The fourth-order valence-corrected chi connectivity index (χ4v) is 1.13. The van der Waals surface area contributed by atoms with Gasteiger partial charge < -0.3 is 5.11 Å². The summed E-state index contributed by atoms with van der Waals surface area (Å²) in [5.74, 6) is 0. The van der Waals surface area contributed by atoms with Gasteiger partial charge in [-0.3, -0.25) is 4.68 Å². The molecule has 3 nitrogen and oxygen atoms in total. The SMILES string of the molecule is Cc1cn(C)nc1C[C@H](C)O. The van der Waals surface area contributed by atoms with Crippen LogP contribution in [-0.4, -0.2) is 21.0 Å². The summed E-state index contributed by atoms with van der Waals surface area (Å²) in [6.07, 6.45) is 2.30. The van der Waals surface area contributed by atoms with E-state index in [1.165, 1.54) is 0 Å². The van der Waals surface area contributed by atoms with Crippen molar-refractivity contribution in [3.8, 4) is 0 Å². The molecule has 0 amide bonds. The molecule has 1 N–H and O–H groups in total. The molecular weight excluding hydrogens is 140 g/mol. The predicted octanol–water partition coefficient (Wildman–Crippen LogP) is 0.652. The standard InChI is InChI=1S/C8H14N2O/c1-6-5-10(3)9-8(6)4-7(2)11/h5,7,11H,4H2,1-3H3/t7-/m0/s1. The highest BCUT2D eigenvalue weighted by Gasteiger charge is 2.05. The third-order valence-electron chi connectivity index (χ3n) is 1.60. The Labute approximate surface area is 66.7 Å². The van der Waals surface area contributed by atoms with Gasteiger partial charge >= 0.3 is 0 Å². The number of rotatable bonds is 2. The molecule has 1 atom stereocenters. The Hall–Kier alpha value is -0.830. The molecule has 0 bridgehead atoms. The first-order valence-corrected chi connectivity index (χ1v) is 3.77. The molecular formula is C8H14N2O. The quantitative estimate of drug-likeness (QED) is 0.679. The number of aromatic nitrogens is 2. The molecule has 0 spiro atoms. The molecule has 1 aromatic heterocycles. The van der Waals surface area contributed by atoms with Gasteiger partial charge in [0.05, 0.1) is 11.8 Å². The van der Waals surface area contributed by atoms with Crippen LogP contribution >= 0.6 is 0 Å². The summed E-state index contributed by atoms with van der Waals surface area (Å²) in [6, 6.07) is 0. The number of nitrogens with zero attached hydrogens (tertiary/aromatic N) is 2. The third kappa shape index (κ3) is 2.05. The number of aliphatic hydroxyl groups excluding tert-OH is 1. The lowest BCUT2D eigenvalue weighted by atomic mass is 10.1. The fraction of sp³-hybridized carbons (Fsp3) is 0.625. The summed E-state index contributed by atoms with van der Waals surface area (Å²) < 4.78 is 1.77. The molecule has 1 aromatic rings. The van der Waals surface area contributed by atoms with Crippen LogP contribution in [0.25, 0.3) is 0 Å². The lowest BCUT2D eigenvalue weighted by molar-refractivity contribution is 0.194. The smallest absolute Gasteiger partial charge is 0.0679 e. The Kier molecular flexibility index (Phi) is 2.29. The third-order valence-corrected chi connectivity index (χ3v) is 1.60. The summed E-state index contributed by atoms with van der Waals surface area (Å²) in [5, 5.41) is 13.3. The molecule has 0 saturated heterocycles. The maximum Gasteiger partial charge on any atom is 0.0679 e. The van der Waals surface area contributed by atoms with Gasteiger partial charge in [-0.25, -0.2) is 0 Å². The maximum absolute atomic E-state index is 9.09. The molecule has 3 heteroatoms. The normalized spacial score (nSPS) is 13.5. The first-order valence-electron chi connectivity index (χ1n) is 3.77. The van der Waals surface area contributed by atoms with Crippen LogP contribution in [0.5, 0.6) is 0 Å². The average molecular weight is 154 g/mol. The van der Waals surface area contributed by atoms with Crippen LogP contribution in [0.1, 0.15) is 18.2 Å². The van der Waals surface area contributed by atoms with Gasteiger partial charge in [0, 0.05) is 19.7 Å². The van der Waals surface area contributed by atoms with Crippen molar-refractivity contribution in [2.75, 3.05) is 0 Å². The monoisotopic (exact) mass is 154 g/mol. The predicted molar refractivity (Wildman–Crippen MR) is 43.3 cm³/mol. The minimum Gasteiger partial charge on any atom is -0.393 e. The Balaban J connectivity index is 2.77. The fourth-order valence-electron chi connectivity index (χ4n) is 1.13. The molecule has 0 aliphatic rings. The van der Waals surface area contributed by atoms with Gasteiger partial charge in [0.2, 0.25) is 0 Å². The first-order chi connectivity index (χ1) is 5.09. The van der Waals surface area contributed by atoms with E-state index in [-0.39, 0.29) is 6.10 Å². The number of hydrogen-bond donors (Lipinski definition) is 1. The molecule has 1 rings (SSSR count). The highest BCUT2D eigenvalue weighted by molar-refractivity contribution is 5.15. The topological polar surface area (TPSA) is 38.0 Å². The van der Waals surface area contributed by atoms with E-state index in [0.29, 0.717) is 6.42 Å². The summed E-state index contributed by atoms with van der Waals surface area (Å²) in [6.45, 7) is 3.78. The molecule has 0 radical (unpaired) electrons. The lowest BCUT2D eigenvalue weighted by Crippen LogP contribution is -2.06. The molecule has 1 heterocycles. The second-order valence-corrected chi connectivity index (χ2v) is 2.99. The number of aryl methyl sites for hydroxylation is 2. The van der Waals surface area contributed by atoms with E-state index in [9.17, 15) is 0 Å². The van der Waals surface area contributed by atoms with Gasteiger partial charge in [-0.2, -0.15) is 5.10 Å². The van der Waals surface area contributed by atoms with Gasteiger partial charge in [-0.15, -0.1) is 0 Å². The van der Waals surface area contributed by atoms with Crippen LogP contribution < -0.4 is 0 Å². The molecule has 0 aliphatic carbocycles. The summed E-state index contributed by atoms with van der Waals surface area (Å²) >= 11 is 0. The van der Waals surface area contributed by atoms with Crippen LogP contribution in [0.2, 0.25) is 0 Å². The second kappa shape index (κ2) is 3.05. The van der Waals surface area contributed by atoms with Gasteiger partial charge in [-0.1, -0.05) is 0 Å². The Morgan fingerprint density at radius 3 is 2.73 bits per heavy atom. The minimum atomic E-state index is -0.302. The van der Waals surface area contributed by atoms with Crippen LogP contribution in [0.15, 0.2) is 6.20 Å². The Bertz CT molecular complexity index is 240. The van der Waals surface area contributed by atoms with E-state index >= 15 is 0 Å². The van der Waals surface area contributed by atoms with Crippen LogP contribution in [0, 0.1) is 6.92 Å². The summed E-state index contributed by atoms with van der Waals surface area (Å²) in [7, 11) is 1.89. The van der Waals surface area contributed by atoms with Crippen LogP contribution in [-0.2, 0) is 13.5 Å². The zero-order valence-corrected chi connectivity index (χ0v) is 7.20. The Morgan fingerprint density at radius 2 is 2.36 bits per heavy atom. The molecule has 0 saturated carbocycles. The van der Waals surface area contributed by atoms with Crippen molar-refractivity contribution < 1.29 is 5.11 Å². The van der Waals surface area contributed by atoms with Crippen molar-refractivity contribution in [2.24, 2.45) is 7.05 Å². The zero-order chi connectivity index (χ0) is 8.43. The summed E-state index contributed by atoms with van der Waals surface area (Å²) in [4.78, 5) is 0. The first kappa shape index (κ1) is 8.27. The molecule has 0 aromatic carbocycles. The van der Waals surface area contributed by atoms with E-state index in [1.54, 1.807) is 11.6 Å². The molecule has 11 heavy (non-hydrogen) atoms. The largest absolute Gasteiger partial charge is 0.393 e.